The molecule has 5 heteroatoms. The number of nitriles is 1. The van der Waals surface area contributed by atoms with Crippen LogP contribution in [0, 0.1) is 11.3 Å². The predicted octanol–water partition coefficient (Wildman–Crippen LogP) is 0.753. The first-order valence-electron chi connectivity index (χ1n) is 6.10. The van der Waals surface area contributed by atoms with Gasteiger partial charge < -0.3 is 15.0 Å². The maximum absolute atomic E-state index is 11.8. The van der Waals surface area contributed by atoms with Crippen LogP contribution in [0.4, 0.5) is 0 Å². The Kier molecular flexibility index (Phi) is 6.58. The Morgan fingerprint density at radius 1 is 1.42 bits per heavy atom. The topological polar surface area (TPSA) is 65.4 Å². The number of methoxy groups -OCH3 is 1. The second kappa shape index (κ2) is 8.25. The molecule has 1 aromatic rings. The third-order valence-corrected chi connectivity index (χ3v) is 2.69. The molecule has 0 saturated heterocycles. The molecule has 1 amide bonds. The van der Waals surface area contributed by atoms with Crippen molar-refractivity contribution in [1.82, 2.24) is 10.2 Å². The van der Waals surface area contributed by atoms with Gasteiger partial charge in [0, 0.05) is 27.2 Å². The lowest BCUT2D eigenvalue weighted by molar-refractivity contribution is -0.129. The van der Waals surface area contributed by atoms with Gasteiger partial charge in [-0.3, -0.25) is 4.79 Å². The fourth-order valence-corrected chi connectivity index (χ4v) is 1.55. The summed E-state index contributed by atoms with van der Waals surface area (Å²) in [4.78, 5) is 13.5. The molecule has 0 radical (unpaired) electrons. The van der Waals surface area contributed by atoms with Gasteiger partial charge in [-0.2, -0.15) is 5.26 Å². The molecule has 1 N–H and O–H groups in total. The number of carbonyl (C=O) groups excluding carboxylic acids is 1. The fraction of sp³-hybridized carbons (Fsp3) is 0.429. The largest absolute Gasteiger partial charge is 0.383 e. The summed E-state index contributed by atoms with van der Waals surface area (Å²) in [7, 11) is 3.39. The maximum atomic E-state index is 11.8. The molecule has 102 valence electrons. The SMILES string of the molecule is COCCNCC(=O)N(C)Cc1ccc(C#N)cc1. The zero-order valence-corrected chi connectivity index (χ0v) is 11.3. The third-order valence-electron chi connectivity index (χ3n) is 2.69. The summed E-state index contributed by atoms with van der Waals surface area (Å²) in [5, 5.41) is 11.7. The van der Waals surface area contributed by atoms with Gasteiger partial charge in [0.05, 0.1) is 24.8 Å². The average molecular weight is 261 g/mol. The van der Waals surface area contributed by atoms with E-state index in [1.165, 1.54) is 0 Å². The van der Waals surface area contributed by atoms with Gasteiger partial charge in [0.2, 0.25) is 5.91 Å². The van der Waals surface area contributed by atoms with Crippen LogP contribution in [0.5, 0.6) is 0 Å². The Bertz CT molecular complexity index is 437. The predicted molar refractivity (Wildman–Crippen MR) is 72.4 cm³/mol. The summed E-state index contributed by atoms with van der Waals surface area (Å²) >= 11 is 0. The molecular weight excluding hydrogens is 242 g/mol. The van der Waals surface area contributed by atoms with E-state index in [9.17, 15) is 4.79 Å². The van der Waals surface area contributed by atoms with Gasteiger partial charge in [-0.25, -0.2) is 0 Å². The first-order valence-corrected chi connectivity index (χ1v) is 6.10. The van der Waals surface area contributed by atoms with Crippen LogP contribution in [0.3, 0.4) is 0 Å². The molecule has 0 aliphatic heterocycles. The van der Waals surface area contributed by atoms with Crippen molar-refractivity contribution in [3.63, 3.8) is 0 Å². The van der Waals surface area contributed by atoms with Crippen molar-refractivity contribution in [1.29, 1.82) is 5.26 Å². The molecule has 1 aromatic carbocycles. The van der Waals surface area contributed by atoms with E-state index in [4.69, 9.17) is 10.00 Å². The molecule has 0 saturated carbocycles. The van der Waals surface area contributed by atoms with Gasteiger partial charge in [0.15, 0.2) is 0 Å². The van der Waals surface area contributed by atoms with Gasteiger partial charge in [-0.1, -0.05) is 12.1 Å². The summed E-state index contributed by atoms with van der Waals surface area (Å²) in [6.45, 7) is 2.09. The lowest BCUT2D eigenvalue weighted by Gasteiger charge is -2.17. The van der Waals surface area contributed by atoms with Crippen molar-refractivity contribution in [2.75, 3.05) is 33.9 Å². The lowest BCUT2D eigenvalue weighted by atomic mass is 10.1. The van der Waals surface area contributed by atoms with Crippen LogP contribution >= 0.6 is 0 Å². The van der Waals surface area contributed by atoms with Gasteiger partial charge in [-0.15, -0.1) is 0 Å². The number of rotatable bonds is 7. The van der Waals surface area contributed by atoms with Crippen LogP contribution in [0.2, 0.25) is 0 Å². The van der Waals surface area contributed by atoms with Crippen LogP contribution in [0.1, 0.15) is 11.1 Å². The summed E-state index contributed by atoms with van der Waals surface area (Å²) in [6, 6.07) is 9.30. The Balaban J connectivity index is 2.38. The monoisotopic (exact) mass is 261 g/mol. The highest BCUT2D eigenvalue weighted by Gasteiger charge is 2.08. The van der Waals surface area contributed by atoms with Crippen molar-refractivity contribution < 1.29 is 9.53 Å². The van der Waals surface area contributed by atoms with Gasteiger partial charge in [0.1, 0.15) is 0 Å². The van der Waals surface area contributed by atoms with E-state index in [2.05, 4.69) is 11.4 Å². The van der Waals surface area contributed by atoms with Crippen LogP contribution in [-0.4, -0.2) is 44.7 Å². The number of benzene rings is 1. The molecule has 19 heavy (non-hydrogen) atoms. The van der Waals surface area contributed by atoms with E-state index >= 15 is 0 Å². The fourth-order valence-electron chi connectivity index (χ4n) is 1.55. The molecule has 5 nitrogen and oxygen atoms in total. The van der Waals surface area contributed by atoms with Crippen LogP contribution in [0.15, 0.2) is 24.3 Å². The summed E-state index contributed by atoms with van der Waals surface area (Å²) in [5.74, 6) is 0.0282. The highest BCUT2D eigenvalue weighted by molar-refractivity contribution is 5.77. The first-order chi connectivity index (χ1) is 9.17. The summed E-state index contributed by atoms with van der Waals surface area (Å²) in [5.41, 5.74) is 1.63. The van der Waals surface area contributed by atoms with Crippen LogP contribution in [-0.2, 0) is 16.1 Å². The van der Waals surface area contributed by atoms with Crippen molar-refractivity contribution in [3.05, 3.63) is 35.4 Å². The van der Waals surface area contributed by atoms with E-state index in [1.54, 1.807) is 31.2 Å². The molecule has 0 fully saturated rings. The number of hydrogen-bond acceptors (Lipinski definition) is 4. The second-order valence-electron chi connectivity index (χ2n) is 4.23. The standard InChI is InChI=1S/C14H19N3O2/c1-17(14(18)10-16-7-8-19-2)11-13-5-3-12(9-15)4-6-13/h3-6,16H,7-8,10-11H2,1-2H3. The zero-order chi connectivity index (χ0) is 14.1. The van der Waals surface area contributed by atoms with Crippen molar-refractivity contribution in [2.45, 2.75) is 6.54 Å². The van der Waals surface area contributed by atoms with E-state index in [1.807, 2.05) is 12.1 Å². The molecule has 1 rings (SSSR count). The van der Waals surface area contributed by atoms with Gasteiger partial charge >= 0.3 is 0 Å². The second-order valence-corrected chi connectivity index (χ2v) is 4.23. The van der Waals surface area contributed by atoms with Gasteiger partial charge in [-0.05, 0) is 17.7 Å². The number of carbonyl (C=O) groups is 1. The Hall–Kier alpha value is -1.90. The van der Waals surface area contributed by atoms with E-state index in [0.29, 0.717) is 31.8 Å². The normalized spacial score (nSPS) is 9.95. The lowest BCUT2D eigenvalue weighted by Crippen LogP contribution is -2.36. The smallest absolute Gasteiger partial charge is 0.236 e. The summed E-state index contributed by atoms with van der Waals surface area (Å²) in [6.07, 6.45) is 0. The molecular formula is C14H19N3O2. The molecule has 0 bridgehead atoms. The van der Waals surface area contributed by atoms with Crippen LogP contribution in [0.25, 0.3) is 0 Å². The minimum Gasteiger partial charge on any atom is -0.383 e. The number of ether oxygens (including phenoxy) is 1. The minimum atomic E-state index is 0.0282. The van der Waals surface area contributed by atoms with E-state index in [-0.39, 0.29) is 5.91 Å². The molecule has 0 atom stereocenters. The molecule has 0 unspecified atom stereocenters. The third kappa shape index (κ3) is 5.51. The molecule has 0 spiro atoms. The Morgan fingerprint density at radius 3 is 2.68 bits per heavy atom. The first kappa shape index (κ1) is 15.2. The van der Waals surface area contributed by atoms with E-state index in [0.717, 1.165) is 5.56 Å². The van der Waals surface area contributed by atoms with Crippen molar-refractivity contribution in [2.24, 2.45) is 0 Å². The van der Waals surface area contributed by atoms with Crippen LogP contribution < -0.4 is 5.32 Å². The summed E-state index contributed by atoms with van der Waals surface area (Å²) < 4.78 is 4.89. The number of amides is 1. The molecule has 0 aliphatic carbocycles. The number of nitrogens with zero attached hydrogens (tertiary/aromatic N) is 2. The molecule has 0 aromatic heterocycles. The quantitative estimate of drug-likeness (QED) is 0.736. The highest BCUT2D eigenvalue weighted by Crippen LogP contribution is 2.05. The minimum absolute atomic E-state index is 0.0282. The van der Waals surface area contributed by atoms with E-state index < -0.39 is 0 Å². The van der Waals surface area contributed by atoms with Crippen molar-refractivity contribution in [3.8, 4) is 6.07 Å². The Labute approximate surface area is 113 Å². The highest BCUT2D eigenvalue weighted by atomic mass is 16.5. The average Bonchev–Trinajstić information content (AvgIpc) is 2.44. The number of nitrogens with one attached hydrogen (secondary N) is 1. The maximum Gasteiger partial charge on any atom is 0.236 e. The van der Waals surface area contributed by atoms with Crippen molar-refractivity contribution >= 4 is 5.91 Å². The zero-order valence-electron chi connectivity index (χ0n) is 11.3. The Morgan fingerprint density at radius 2 is 2.11 bits per heavy atom. The number of likely N-dealkylation sites (N-methyl/N-ethyl adjacent to an activating group) is 1. The molecule has 0 aliphatic rings. The molecule has 0 heterocycles. The van der Waals surface area contributed by atoms with Gasteiger partial charge in [0.25, 0.3) is 0 Å². The number of hydrogen-bond donors (Lipinski definition) is 1.